The lowest BCUT2D eigenvalue weighted by molar-refractivity contribution is 0.139. The van der Waals surface area contributed by atoms with Crippen LogP contribution in [0.1, 0.15) is 11.3 Å². The summed E-state index contributed by atoms with van der Waals surface area (Å²) in [6, 6.07) is 7.43. The van der Waals surface area contributed by atoms with Crippen LogP contribution in [0.3, 0.4) is 0 Å². The van der Waals surface area contributed by atoms with Gasteiger partial charge in [0.2, 0.25) is 0 Å². The minimum Gasteiger partial charge on any atom is -0.465 e. The predicted octanol–water partition coefficient (Wildman–Crippen LogP) is 1.56. The van der Waals surface area contributed by atoms with Gasteiger partial charge in [0.05, 0.1) is 6.54 Å². The number of carboxylic acid groups (broad SMARTS) is 1. The van der Waals surface area contributed by atoms with Gasteiger partial charge in [0.25, 0.3) is 5.56 Å². The lowest BCUT2D eigenvalue weighted by Crippen LogP contribution is -2.36. The van der Waals surface area contributed by atoms with E-state index in [-0.39, 0.29) is 12.1 Å². The number of H-pyrrole nitrogens is 1. The third-order valence-corrected chi connectivity index (χ3v) is 3.38. The van der Waals surface area contributed by atoms with Gasteiger partial charge < -0.3 is 15.0 Å². The minimum absolute atomic E-state index is 0.156. The molecule has 1 aliphatic rings. The lowest BCUT2D eigenvalue weighted by Gasteiger charge is -2.26. The van der Waals surface area contributed by atoms with Gasteiger partial charge >= 0.3 is 6.09 Å². The van der Waals surface area contributed by atoms with Crippen LogP contribution in [-0.4, -0.2) is 27.6 Å². The summed E-state index contributed by atoms with van der Waals surface area (Å²) in [5.74, 6) is 0. The van der Waals surface area contributed by atoms with Crippen molar-refractivity contribution in [2.75, 3.05) is 6.54 Å². The second kappa shape index (κ2) is 3.87. The fourth-order valence-electron chi connectivity index (χ4n) is 2.49. The van der Waals surface area contributed by atoms with E-state index < -0.39 is 6.09 Å². The Hall–Kier alpha value is -2.30. The highest BCUT2D eigenvalue weighted by molar-refractivity contribution is 5.85. The first-order valence-electron chi connectivity index (χ1n) is 5.77. The number of fused-ring (bicyclic) bond motifs is 3. The molecule has 18 heavy (non-hydrogen) atoms. The number of rotatable bonds is 0. The smallest absolute Gasteiger partial charge is 0.407 e. The Balaban J connectivity index is 2.21. The molecule has 2 N–H and O–H groups in total. The molecule has 3 rings (SSSR count). The number of nitrogens with one attached hydrogen (secondary N) is 1. The van der Waals surface area contributed by atoms with Crippen molar-refractivity contribution < 1.29 is 9.90 Å². The fraction of sp³-hybridized carbons (Fsp3) is 0.231. The van der Waals surface area contributed by atoms with E-state index in [0.29, 0.717) is 24.0 Å². The predicted molar refractivity (Wildman–Crippen MR) is 66.7 cm³/mol. The number of hydrogen-bond donors (Lipinski definition) is 2. The summed E-state index contributed by atoms with van der Waals surface area (Å²) in [6.45, 7) is 0.725. The zero-order chi connectivity index (χ0) is 12.7. The molecule has 0 aliphatic carbocycles. The molecule has 0 saturated carbocycles. The maximum atomic E-state index is 11.9. The van der Waals surface area contributed by atoms with E-state index in [4.69, 9.17) is 5.11 Å². The highest BCUT2D eigenvalue weighted by atomic mass is 16.4. The topological polar surface area (TPSA) is 73.4 Å². The van der Waals surface area contributed by atoms with Crippen molar-refractivity contribution in [3.8, 4) is 0 Å². The number of benzene rings is 1. The Morgan fingerprint density at radius 2 is 2.00 bits per heavy atom. The van der Waals surface area contributed by atoms with Crippen LogP contribution in [-0.2, 0) is 13.0 Å². The van der Waals surface area contributed by atoms with Crippen LogP contribution in [0.4, 0.5) is 4.79 Å². The van der Waals surface area contributed by atoms with E-state index in [9.17, 15) is 9.59 Å². The van der Waals surface area contributed by atoms with Gasteiger partial charge in [-0.1, -0.05) is 18.2 Å². The van der Waals surface area contributed by atoms with Crippen LogP contribution in [0.5, 0.6) is 0 Å². The first-order valence-corrected chi connectivity index (χ1v) is 5.77. The number of hydrogen-bond acceptors (Lipinski definition) is 2. The van der Waals surface area contributed by atoms with Crippen molar-refractivity contribution in [3.63, 3.8) is 0 Å². The van der Waals surface area contributed by atoms with Crippen LogP contribution in [0.25, 0.3) is 10.8 Å². The van der Waals surface area contributed by atoms with Gasteiger partial charge in [-0.2, -0.15) is 0 Å². The van der Waals surface area contributed by atoms with Crippen molar-refractivity contribution in [3.05, 3.63) is 45.9 Å². The van der Waals surface area contributed by atoms with E-state index in [1.54, 1.807) is 6.07 Å². The third kappa shape index (κ3) is 1.55. The molecule has 5 heteroatoms. The lowest BCUT2D eigenvalue weighted by atomic mass is 9.98. The average molecular weight is 244 g/mol. The maximum Gasteiger partial charge on any atom is 0.407 e. The average Bonchev–Trinajstić information content (AvgIpc) is 2.38. The minimum atomic E-state index is -0.949. The molecule has 1 aliphatic heterocycles. The molecule has 0 atom stereocenters. The maximum absolute atomic E-state index is 11.9. The summed E-state index contributed by atoms with van der Waals surface area (Å²) >= 11 is 0. The first-order chi connectivity index (χ1) is 8.66. The summed E-state index contributed by atoms with van der Waals surface area (Å²) in [6.07, 6.45) is -0.312. The molecule has 1 amide bonds. The van der Waals surface area contributed by atoms with E-state index in [0.717, 1.165) is 10.9 Å². The summed E-state index contributed by atoms with van der Waals surface area (Å²) in [5, 5.41) is 10.6. The number of aromatic amines is 1. The van der Waals surface area contributed by atoms with Gasteiger partial charge in [0.1, 0.15) is 0 Å². The second-order valence-corrected chi connectivity index (χ2v) is 4.41. The van der Waals surface area contributed by atoms with E-state index in [1.165, 1.54) is 4.90 Å². The molecule has 1 aromatic carbocycles. The molecular weight excluding hydrogens is 232 g/mol. The van der Waals surface area contributed by atoms with Crippen LogP contribution in [0.15, 0.2) is 29.1 Å². The number of nitrogens with zero attached hydrogens (tertiary/aromatic N) is 1. The van der Waals surface area contributed by atoms with Crippen LogP contribution in [0.2, 0.25) is 0 Å². The number of carbonyl (C=O) groups is 1. The van der Waals surface area contributed by atoms with Gasteiger partial charge in [-0.15, -0.1) is 0 Å². The summed E-state index contributed by atoms with van der Waals surface area (Å²) in [5.41, 5.74) is 1.62. The second-order valence-electron chi connectivity index (χ2n) is 4.41. The summed E-state index contributed by atoms with van der Waals surface area (Å²) < 4.78 is 0. The molecule has 0 fully saturated rings. The molecule has 1 aromatic heterocycles. The normalized spacial score (nSPS) is 14.6. The molecule has 0 saturated heterocycles. The molecule has 92 valence electrons. The highest BCUT2D eigenvalue weighted by Crippen LogP contribution is 2.23. The largest absolute Gasteiger partial charge is 0.465 e. The van der Waals surface area contributed by atoms with Gasteiger partial charge in [-0.05, 0) is 23.4 Å². The molecule has 5 nitrogen and oxygen atoms in total. The van der Waals surface area contributed by atoms with Crippen molar-refractivity contribution in [1.82, 2.24) is 9.88 Å². The molecule has 0 radical (unpaired) electrons. The Labute approximate surface area is 103 Å². The zero-order valence-corrected chi connectivity index (χ0v) is 9.64. The van der Waals surface area contributed by atoms with Gasteiger partial charge in [0.15, 0.2) is 0 Å². The zero-order valence-electron chi connectivity index (χ0n) is 9.64. The fourth-order valence-corrected chi connectivity index (χ4v) is 2.49. The number of pyridine rings is 1. The van der Waals surface area contributed by atoms with E-state index in [2.05, 4.69) is 4.98 Å². The molecule has 0 unspecified atom stereocenters. The van der Waals surface area contributed by atoms with Gasteiger partial charge in [0, 0.05) is 17.6 Å². The van der Waals surface area contributed by atoms with E-state index >= 15 is 0 Å². The third-order valence-electron chi connectivity index (χ3n) is 3.38. The van der Waals surface area contributed by atoms with Crippen molar-refractivity contribution in [2.45, 2.75) is 13.0 Å². The monoisotopic (exact) mass is 244 g/mol. The van der Waals surface area contributed by atoms with Crippen molar-refractivity contribution in [2.24, 2.45) is 0 Å². The van der Waals surface area contributed by atoms with Crippen LogP contribution < -0.4 is 5.56 Å². The quantitative estimate of drug-likeness (QED) is 0.738. The van der Waals surface area contributed by atoms with E-state index in [1.807, 2.05) is 18.2 Å². The molecule has 2 heterocycles. The molecule has 0 bridgehead atoms. The SMILES string of the molecule is O=C(O)N1CCc2c([nH]c(=O)c3ccccc23)C1. The molecular formula is C13H12N2O3. The molecule has 2 aromatic rings. The highest BCUT2D eigenvalue weighted by Gasteiger charge is 2.22. The van der Waals surface area contributed by atoms with Crippen molar-refractivity contribution >= 4 is 16.9 Å². The van der Waals surface area contributed by atoms with Crippen LogP contribution in [0, 0.1) is 0 Å². The Morgan fingerprint density at radius 3 is 2.72 bits per heavy atom. The molecule has 0 spiro atoms. The van der Waals surface area contributed by atoms with Crippen LogP contribution >= 0.6 is 0 Å². The summed E-state index contributed by atoms with van der Waals surface area (Å²) in [7, 11) is 0. The number of amides is 1. The Morgan fingerprint density at radius 1 is 1.28 bits per heavy atom. The van der Waals surface area contributed by atoms with Gasteiger partial charge in [-0.25, -0.2) is 4.79 Å². The Bertz CT molecular complexity index is 690. The van der Waals surface area contributed by atoms with Crippen molar-refractivity contribution in [1.29, 1.82) is 0 Å². The number of aromatic nitrogens is 1. The van der Waals surface area contributed by atoms with Gasteiger partial charge in [-0.3, -0.25) is 4.79 Å². The standard InChI is InChI=1S/C13H12N2O3/c16-12-10-4-2-1-3-8(10)9-5-6-15(13(17)18)7-11(9)14-12/h1-4H,5-7H2,(H,14,16)(H,17,18). The Kier molecular flexibility index (Phi) is 2.33. The summed E-state index contributed by atoms with van der Waals surface area (Å²) in [4.78, 5) is 27.0. The first kappa shape index (κ1) is 10.8.